The Balaban J connectivity index is 2.45. The van der Waals surface area contributed by atoms with Crippen molar-refractivity contribution in [2.45, 2.75) is 13.0 Å². The predicted molar refractivity (Wildman–Crippen MR) is 69.5 cm³/mol. The predicted octanol–water partition coefficient (Wildman–Crippen LogP) is 0.130. The molecule has 1 N–H and O–H groups in total. The number of hydrogen-bond donors (Lipinski definition) is 1. The first kappa shape index (κ1) is 14.9. The Morgan fingerprint density at radius 2 is 2.24 bits per heavy atom. The second kappa shape index (κ2) is 5.44. The second-order valence-corrected chi connectivity index (χ2v) is 4.63. The minimum atomic E-state index is -0.929. The lowest BCUT2D eigenvalue weighted by atomic mass is 10.1. The van der Waals surface area contributed by atoms with Gasteiger partial charge in [-0.05, 0) is 13.0 Å². The summed E-state index contributed by atoms with van der Waals surface area (Å²) in [5.41, 5.74) is -0.982. The number of carbonyl (C=O) groups is 3. The van der Waals surface area contributed by atoms with Crippen LogP contribution in [0.5, 0.6) is 0 Å². The minimum absolute atomic E-state index is 0.325. The summed E-state index contributed by atoms with van der Waals surface area (Å²) in [6.07, 6.45) is 1.14. The van der Waals surface area contributed by atoms with Crippen molar-refractivity contribution in [2.75, 3.05) is 6.54 Å². The first-order valence-corrected chi connectivity index (χ1v) is 6.14. The second-order valence-electron chi connectivity index (χ2n) is 4.28. The van der Waals surface area contributed by atoms with Crippen LogP contribution in [0.3, 0.4) is 0 Å². The van der Waals surface area contributed by atoms with Crippen molar-refractivity contribution in [3.8, 4) is 0 Å². The standard InChI is InChI=1S/C11H9ClN4O5/c1-5-10(18)14-7(17)4-15(5)11(19)6-2-3-13-9(12)8(6)16(20)21/h2-3,5H,4H2,1H3,(H,14,17,18). The summed E-state index contributed by atoms with van der Waals surface area (Å²) in [6, 6.07) is 0.192. The van der Waals surface area contributed by atoms with E-state index in [2.05, 4.69) is 10.3 Å². The number of imide groups is 1. The number of amides is 3. The van der Waals surface area contributed by atoms with Gasteiger partial charge in [0.05, 0.1) is 4.92 Å². The number of hydrogen-bond acceptors (Lipinski definition) is 6. The molecule has 2 rings (SSSR count). The molecule has 1 aromatic heterocycles. The molecule has 1 saturated heterocycles. The summed E-state index contributed by atoms with van der Waals surface area (Å²) in [5, 5.41) is 12.6. The van der Waals surface area contributed by atoms with Crippen LogP contribution >= 0.6 is 11.6 Å². The molecular formula is C11H9ClN4O5. The normalized spacial score (nSPS) is 18.4. The molecule has 110 valence electrons. The fourth-order valence-electron chi connectivity index (χ4n) is 1.89. The Labute approximate surface area is 123 Å². The Morgan fingerprint density at radius 1 is 1.57 bits per heavy atom. The number of piperazine rings is 1. The number of rotatable bonds is 2. The number of nitro groups is 1. The topological polar surface area (TPSA) is 123 Å². The highest BCUT2D eigenvalue weighted by atomic mass is 35.5. The number of halogens is 1. The quantitative estimate of drug-likeness (QED) is 0.358. The Morgan fingerprint density at radius 3 is 2.86 bits per heavy atom. The molecule has 0 bridgehead atoms. The van der Waals surface area contributed by atoms with Gasteiger partial charge in [0.1, 0.15) is 18.2 Å². The number of carbonyl (C=O) groups excluding carboxylic acids is 3. The lowest BCUT2D eigenvalue weighted by Gasteiger charge is -2.31. The summed E-state index contributed by atoms with van der Waals surface area (Å²) in [5.74, 6) is -2.14. The first-order chi connectivity index (χ1) is 9.82. The number of aromatic nitrogens is 1. The van der Waals surface area contributed by atoms with Crippen molar-refractivity contribution in [3.05, 3.63) is 33.1 Å². The number of nitrogens with one attached hydrogen (secondary N) is 1. The van der Waals surface area contributed by atoms with Crippen LogP contribution in [0, 0.1) is 10.1 Å². The van der Waals surface area contributed by atoms with Gasteiger partial charge in [0.2, 0.25) is 17.0 Å². The van der Waals surface area contributed by atoms with Crippen molar-refractivity contribution >= 4 is 35.0 Å². The van der Waals surface area contributed by atoms with E-state index >= 15 is 0 Å². The van der Waals surface area contributed by atoms with Gasteiger partial charge in [0, 0.05) is 6.20 Å². The van der Waals surface area contributed by atoms with E-state index in [9.17, 15) is 24.5 Å². The molecule has 0 saturated carbocycles. The maximum absolute atomic E-state index is 12.4. The summed E-state index contributed by atoms with van der Waals surface area (Å²) >= 11 is 5.63. The maximum atomic E-state index is 12.4. The van der Waals surface area contributed by atoms with Crippen molar-refractivity contribution in [1.29, 1.82) is 0 Å². The molecule has 1 aliphatic heterocycles. The Bertz CT molecular complexity index is 662. The van der Waals surface area contributed by atoms with Gasteiger partial charge in [-0.25, -0.2) is 4.98 Å². The van der Waals surface area contributed by atoms with Gasteiger partial charge < -0.3 is 4.90 Å². The monoisotopic (exact) mass is 312 g/mol. The van der Waals surface area contributed by atoms with E-state index in [-0.39, 0.29) is 12.1 Å². The van der Waals surface area contributed by atoms with Crippen LogP contribution < -0.4 is 5.32 Å². The van der Waals surface area contributed by atoms with Gasteiger partial charge in [-0.2, -0.15) is 0 Å². The van der Waals surface area contributed by atoms with Crippen LogP contribution in [0.4, 0.5) is 5.69 Å². The van der Waals surface area contributed by atoms with E-state index < -0.39 is 39.5 Å². The van der Waals surface area contributed by atoms with E-state index in [0.717, 1.165) is 17.2 Å². The van der Waals surface area contributed by atoms with Crippen molar-refractivity contribution in [1.82, 2.24) is 15.2 Å². The Hall–Kier alpha value is -2.55. The molecule has 1 unspecified atom stereocenters. The summed E-state index contributed by atoms with van der Waals surface area (Å²) in [4.78, 5) is 49.9. The largest absolute Gasteiger partial charge is 0.319 e. The summed E-state index contributed by atoms with van der Waals surface area (Å²) < 4.78 is 0. The van der Waals surface area contributed by atoms with Crippen molar-refractivity contribution in [3.63, 3.8) is 0 Å². The zero-order valence-electron chi connectivity index (χ0n) is 10.7. The fourth-order valence-corrected chi connectivity index (χ4v) is 2.12. The minimum Gasteiger partial charge on any atom is -0.317 e. The van der Waals surface area contributed by atoms with E-state index in [1.807, 2.05) is 0 Å². The highest BCUT2D eigenvalue weighted by Crippen LogP contribution is 2.27. The first-order valence-electron chi connectivity index (χ1n) is 5.76. The van der Waals surface area contributed by atoms with Crippen LogP contribution in [0.1, 0.15) is 17.3 Å². The lowest BCUT2D eigenvalue weighted by Crippen LogP contribution is -2.58. The van der Waals surface area contributed by atoms with E-state index in [0.29, 0.717) is 0 Å². The molecule has 1 aliphatic rings. The highest BCUT2D eigenvalue weighted by molar-refractivity contribution is 6.32. The molecule has 3 amide bonds. The fraction of sp³-hybridized carbons (Fsp3) is 0.273. The zero-order valence-corrected chi connectivity index (χ0v) is 11.5. The molecule has 1 fully saturated rings. The van der Waals surface area contributed by atoms with Crippen molar-refractivity contribution in [2.24, 2.45) is 0 Å². The SMILES string of the molecule is CC1C(=O)NC(=O)CN1C(=O)c1ccnc(Cl)c1[N+](=O)[O-]. The summed E-state index contributed by atoms with van der Waals surface area (Å²) in [6.45, 7) is 1.04. The van der Waals surface area contributed by atoms with Crippen LogP contribution in [0.25, 0.3) is 0 Å². The smallest absolute Gasteiger partial charge is 0.317 e. The highest BCUT2D eigenvalue weighted by Gasteiger charge is 2.37. The average Bonchev–Trinajstić information content (AvgIpc) is 2.41. The van der Waals surface area contributed by atoms with Gasteiger partial charge >= 0.3 is 5.69 Å². The molecule has 21 heavy (non-hydrogen) atoms. The van der Waals surface area contributed by atoms with Gasteiger partial charge in [0.25, 0.3) is 5.91 Å². The van der Waals surface area contributed by atoms with Crippen LogP contribution in [0.15, 0.2) is 12.3 Å². The van der Waals surface area contributed by atoms with Crippen molar-refractivity contribution < 1.29 is 19.3 Å². The number of nitrogens with zero attached hydrogens (tertiary/aromatic N) is 3. The molecule has 0 aromatic carbocycles. The van der Waals surface area contributed by atoms with Gasteiger partial charge in [-0.1, -0.05) is 11.6 Å². The lowest BCUT2D eigenvalue weighted by molar-refractivity contribution is -0.385. The molecule has 1 atom stereocenters. The van der Waals surface area contributed by atoms with Crippen LogP contribution in [-0.2, 0) is 9.59 Å². The third kappa shape index (κ3) is 2.68. The molecular weight excluding hydrogens is 304 g/mol. The molecule has 0 spiro atoms. The average molecular weight is 313 g/mol. The Kier molecular flexibility index (Phi) is 3.85. The third-order valence-electron chi connectivity index (χ3n) is 2.98. The van der Waals surface area contributed by atoms with E-state index in [1.54, 1.807) is 0 Å². The van der Waals surface area contributed by atoms with E-state index in [4.69, 9.17) is 11.6 Å². The molecule has 10 heteroatoms. The molecule has 9 nitrogen and oxygen atoms in total. The molecule has 2 heterocycles. The zero-order chi connectivity index (χ0) is 15.7. The van der Waals surface area contributed by atoms with Gasteiger partial charge in [-0.15, -0.1) is 0 Å². The summed E-state index contributed by atoms with van der Waals surface area (Å²) in [7, 11) is 0. The van der Waals surface area contributed by atoms with Crippen LogP contribution in [-0.4, -0.2) is 45.1 Å². The van der Waals surface area contributed by atoms with Gasteiger partial charge in [0.15, 0.2) is 0 Å². The molecule has 0 aliphatic carbocycles. The molecule has 0 radical (unpaired) electrons. The van der Waals surface area contributed by atoms with E-state index in [1.165, 1.54) is 6.92 Å². The van der Waals surface area contributed by atoms with Crippen LogP contribution in [0.2, 0.25) is 5.15 Å². The number of pyridine rings is 1. The molecule has 1 aromatic rings. The maximum Gasteiger partial charge on any atom is 0.319 e. The van der Waals surface area contributed by atoms with Gasteiger partial charge in [-0.3, -0.25) is 29.8 Å². The third-order valence-corrected chi connectivity index (χ3v) is 3.25.